The standard InChI is InChI=1S/C20H21ClN4OS/c1-3-14-8-10-15(11-9-14)18-23-20(25-24-18)27-13(2)19(26)22-12-16-6-4-5-7-17(16)21/h4-11,13H,3,12H2,1-2H3,(H,22,26)(H,23,24,25)/t13-/m0/s1. The van der Waals surface area contributed by atoms with Gasteiger partial charge in [-0.2, -0.15) is 0 Å². The second-order valence-electron chi connectivity index (χ2n) is 6.09. The number of aryl methyl sites for hydroxylation is 1. The van der Waals surface area contributed by atoms with E-state index in [4.69, 9.17) is 11.6 Å². The number of H-pyrrole nitrogens is 1. The van der Waals surface area contributed by atoms with Gasteiger partial charge < -0.3 is 5.32 Å². The predicted molar refractivity (Wildman–Crippen MR) is 110 cm³/mol. The van der Waals surface area contributed by atoms with Crippen molar-refractivity contribution in [3.63, 3.8) is 0 Å². The second-order valence-corrected chi connectivity index (χ2v) is 7.80. The maximum Gasteiger partial charge on any atom is 0.233 e. The van der Waals surface area contributed by atoms with Crippen molar-refractivity contribution >= 4 is 29.3 Å². The number of hydrogen-bond donors (Lipinski definition) is 2. The first-order valence-electron chi connectivity index (χ1n) is 8.76. The number of aromatic amines is 1. The molecule has 1 aromatic heterocycles. The van der Waals surface area contributed by atoms with Gasteiger partial charge in [-0.25, -0.2) is 4.98 Å². The molecule has 0 radical (unpaired) electrons. The third-order valence-electron chi connectivity index (χ3n) is 4.16. The van der Waals surface area contributed by atoms with Crippen molar-refractivity contribution in [2.75, 3.05) is 0 Å². The van der Waals surface area contributed by atoms with Gasteiger partial charge in [-0.05, 0) is 30.5 Å². The van der Waals surface area contributed by atoms with E-state index in [0.29, 0.717) is 22.5 Å². The van der Waals surface area contributed by atoms with Crippen LogP contribution in [0.15, 0.2) is 53.7 Å². The Bertz CT molecular complexity index is 910. The van der Waals surface area contributed by atoms with E-state index in [-0.39, 0.29) is 11.2 Å². The molecule has 1 amide bonds. The monoisotopic (exact) mass is 400 g/mol. The largest absolute Gasteiger partial charge is 0.351 e. The SMILES string of the molecule is CCc1ccc(-c2nc(S[C@@H](C)C(=O)NCc3ccccc3Cl)n[nH]2)cc1. The normalized spacial score (nSPS) is 12.0. The Hall–Kier alpha value is -2.31. The number of nitrogens with zero attached hydrogens (tertiary/aromatic N) is 2. The summed E-state index contributed by atoms with van der Waals surface area (Å²) in [6, 6.07) is 15.7. The second kappa shape index (κ2) is 9.06. The molecule has 0 aliphatic heterocycles. The molecule has 1 heterocycles. The number of thioether (sulfide) groups is 1. The Morgan fingerprint density at radius 3 is 2.67 bits per heavy atom. The van der Waals surface area contributed by atoms with Crippen LogP contribution in [0.5, 0.6) is 0 Å². The first kappa shape index (κ1) is 19.5. The van der Waals surface area contributed by atoms with E-state index >= 15 is 0 Å². The summed E-state index contributed by atoms with van der Waals surface area (Å²) in [4.78, 5) is 16.8. The van der Waals surface area contributed by atoms with Gasteiger partial charge in [0.25, 0.3) is 0 Å². The van der Waals surface area contributed by atoms with Gasteiger partial charge >= 0.3 is 0 Å². The van der Waals surface area contributed by atoms with E-state index in [0.717, 1.165) is 17.5 Å². The van der Waals surface area contributed by atoms with Gasteiger partial charge in [0.1, 0.15) is 0 Å². The Morgan fingerprint density at radius 1 is 1.22 bits per heavy atom. The van der Waals surface area contributed by atoms with Crippen LogP contribution in [-0.4, -0.2) is 26.3 Å². The lowest BCUT2D eigenvalue weighted by Crippen LogP contribution is -2.30. The number of nitrogens with one attached hydrogen (secondary N) is 2. The van der Waals surface area contributed by atoms with E-state index in [9.17, 15) is 4.79 Å². The van der Waals surface area contributed by atoms with Crippen molar-refractivity contribution in [2.24, 2.45) is 0 Å². The first-order chi connectivity index (χ1) is 13.1. The molecule has 0 saturated carbocycles. The number of amides is 1. The Labute approximate surface area is 167 Å². The molecule has 0 bridgehead atoms. The third-order valence-corrected chi connectivity index (χ3v) is 5.49. The van der Waals surface area contributed by atoms with Crippen LogP contribution in [0.4, 0.5) is 0 Å². The Morgan fingerprint density at radius 2 is 1.96 bits per heavy atom. The van der Waals surface area contributed by atoms with E-state index in [1.165, 1.54) is 17.3 Å². The van der Waals surface area contributed by atoms with Crippen LogP contribution in [0.25, 0.3) is 11.4 Å². The number of hydrogen-bond acceptors (Lipinski definition) is 4. The molecule has 0 fully saturated rings. The molecule has 0 saturated heterocycles. The highest BCUT2D eigenvalue weighted by Crippen LogP contribution is 2.23. The molecule has 140 valence electrons. The van der Waals surface area contributed by atoms with Crippen molar-refractivity contribution < 1.29 is 4.79 Å². The summed E-state index contributed by atoms with van der Waals surface area (Å²) in [5.74, 6) is 0.613. The van der Waals surface area contributed by atoms with Crippen LogP contribution in [0.2, 0.25) is 5.02 Å². The molecule has 0 unspecified atom stereocenters. The van der Waals surface area contributed by atoms with E-state index < -0.39 is 0 Å². The zero-order chi connectivity index (χ0) is 19.2. The highest BCUT2D eigenvalue weighted by molar-refractivity contribution is 8.00. The molecule has 5 nitrogen and oxygen atoms in total. The number of rotatable bonds is 7. The Balaban J connectivity index is 1.57. The number of halogens is 1. The summed E-state index contributed by atoms with van der Waals surface area (Å²) in [5, 5.41) is 10.9. The molecular weight excluding hydrogens is 380 g/mol. The van der Waals surface area contributed by atoms with Crippen molar-refractivity contribution in [3.8, 4) is 11.4 Å². The van der Waals surface area contributed by atoms with Crippen molar-refractivity contribution in [1.82, 2.24) is 20.5 Å². The third kappa shape index (κ3) is 5.11. The van der Waals surface area contributed by atoms with Gasteiger partial charge in [0, 0.05) is 17.1 Å². The number of carbonyl (C=O) groups is 1. The molecular formula is C20H21ClN4OS. The van der Waals surface area contributed by atoms with Crippen LogP contribution in [-0.2, 0) is 17.8 Å². The average molecular weight is 401 g/mol. The minimum Gasteiger partial charge on any atom is -0.351 e. The van der Waals surface area contributed by atoms with Gasteiger partial charge in [-0.3, -0.25) is 9.89 Å². The lowest BCUT2D eigenvalue weighted by Gasteiger charge is -2.11. The molecule has 27 heavy (non-hydrogen) atoms. The lowest BCUT2D eigenvalue weighted by atomic mass is 10.1. The molecule has 3 rings (SSSR count). The molecule has 0 spiro atoms. The molecule has 0 aliphatic rings. The van der Waals surface area contributed by atoms with Gasteiger partial charge in [-0.1, -0.05) is 72.8 Å². The molecule has 7 heteroatoms. The number of carbonyl (C=O) groups excluding carboxylic acids is 1. The fourth-order valence-corrected chi connectivity index (χ4v) is 3.46. The topological polar surface area (TPSA) is 70.7 Å². The quantitative estimate of drug-likeness (QED) is 0.573. The highest BCUT2D eigenvalue weighted by Gasteiger charge is 2.17. The fourth-order valence-electron chi connectivity index (χ4n) is 2.51. The van der Waals surface area contributed by atoms with Gasteiger partial charge in [-0.15, -0.1) is 5.10 Å². The van der Waals surface area contributed by atoms with E-state index in [1.807, 2.05) is 43.3 Å². The summed E-state index contributed by atoms with van der Waals surface area (Å²) < 4.78 is 0. The van der Waals surface area contributed by atoms with Crippen molar-refractivity contribution in [1.29, 1.82) is 0 Å². The minimum atomic E-state index is -0.321. The molecule has 2 N–H and O–H groups in total. The minimum absolute atomic E-state index is 0.0847. The summed E-state index contributed by atoms with van der Waals surface area (Å²) in [7, 11) is 0. The summed E-state index contributed by atoms with van der Waals surface area (Å²) in [5.41, 5.74) is 3.14. The smallest absolute Gasteiger partial charge is 0.233 e. The van der Waals surface area contributed by atoms with Crippen molar-refractivity contribution in [3.05, 3.63) is 64.7 Å². The molecule has 1 atom stereocenters. The summed E-state index contributed by atoms with van der Waals surface area (Å²) in [6.07, 6.45) is 0.999. The number of benzene rings is 2. The van der Waals surface area contributed by atoms with Crippen LogP contribution < -0.4 is 5.32 Å². The van der Waals surface area contributed by atoms with Gasteiger partial charge in [0.15, 0.2) is 5.82 Å². The lowest BCUT2D eigenvalue weighted by molar-refractivity contribution is -0.120. The first-order valence-corrected chi connectivity index (χ1v) is 10.0. The predicted octanol–water partition coefficient (Wildman–Crippen LogP) is 4.48. The van der Waals surface area contributed by atoms with Crippen LogP contribution in [0.3, 0.4) is 0 Å². The van der Waals surface area contributed by atoms with Gasteiger partial charge in [0.2, 0.25) is 11.1 Å². The van der Waals surface area contributed by atoms with E-state index in [2.05, 4.69) is 39.6 Å². The van der Waals surface area contributed by atoms with Crippen LogP contribution >= 0.6 is 23.4 Å². The number of aromatic nitrogens is 3. The summed E-state index contributed by atoms with van der Waals surface area (Å²) >= 11 is 7.43. The highest BCUT2D eigenvalue weighted by atomic mass is 35.5. The summed E-state index contributed by atoms with van der Waals surface area (Å²) in [6.45, 7) is 4.35. The molecule has 3 aromatic rings. The van der Waals surface area contributed by atoms with E-state index in [1.54, 1.807) is 0 Å². The zero-order valence-electron chi connectivity index (χ0n) is 15.2. The fraction of sp³-hybridized carbons (Fsp3) is 0.250. The van der Waals surface area contributed by atoms with Gasteiger partial charge in [0.05, 0.1) is 5.25 Å². The molecule has 0 aliphatic carbocycles. The maximum absolute atomic E-state index is 12.3. The zero-order valence-corrected chi connectivity index (χ0v) is 16.8. The molecule has 2 aromatic carbocycles. The maximum atomic E-state index is 12.3. The average Bonchev–Trinajstić information content (AvgIpc) is 3.15. The van der Waals surface area contributed by atoms with Crippen LogP contribution in [0.1, 0.15) is 25.0 Å². The van der Waals surface area contributed by atoms with Crippen LogP contribution in [0, 0.1) is 0 Å². The Kier molecular flexibility index (Phi) is 6.53. The van der Waals surface area contributed by atoms with Crippen molar-refractivity contribution in [2.45, 2.75) is 37.2 Å².